The molecule has 0 aliphatic heterocycles. The SMILES string of the molecule is NC(=O)CCCNC(=O)Nc1sccc1C(=O)O. The van der Waals surface area contributed by atoms with Gasteiger partial charge in [-0.15, -0.1) is 11.3 Å². The topological polar surface area (TPSA) is 122 Å². The maximum Gasteiger partial charge on any atom is 0.338 e. The minimum Gasteiger partial charge on any atom is -0.478 e. The van der Waals surface area contributed by atoms with Gasteiger partial charge in [0.25, 0.3) is 0 Å². The van der Waals surface area contributed by atoms with Crippen molar-refractivity contribution in [3.05, 3.63) is 17.0 Å². The highest BCUT2D eigenvalue weighted by Crippen LogP contribution is 2.22. The molecule has 0 fully saturated rings. The largest absolute Gasteiger partial charge is 0.478 e. The molecule has 1 heterocycles. The summed E-state index contributed by atoms with van der Waals surface area (Å²) in [6, 6.07) is 0.903. The van der Waals surface area contributed by atoms with Crippen LogP contribution in [0, 0.1) is 0 Å². The lowest BCUT2D eigenvalue weighted by atomic mass is 10.3. The smallest absolute Gasteiger partial charge is 0.338 e. The molecule has 0 saturated heterocycles. The van der Waals surface area contributed by atoms with Gasteiger partial charge in [0.2, 0.25) is 5.91 Å². The van der Waals surface area contributed by atoms with Gasteiger partial charge >= 0.3 is 12.0 Å². The minimum absolute atomic E-state index is 0.0484. The second kappa shape index (κ2) is 6.60. The molecular formula is C10H13N3O4S. The Morgan fingerprint density at radius 3 is 2.72 bits per heavy atom. The fourth-order valence-electron chi connectivity index (χ4n) is 1.19. The highest BCUT2D eigenvalue weighted by Gasteiger charge is 2.13. The molecule has 0 aliphatic rings. The van der Waals surface area contributed by atoms with Crippen LogP contribution in [0.1, 0.15) is 23.2 Å². The summed E-state index contributed by atoms with van der Waals surface area (Å²) < 4.78 is 0. The quantitative estimate of drug-likeness (QED) is 0.572. The lowest BCUT2D eigenvalue weighted by molar-refractivity contribution is -0.118. The van der Waals surface area contributed by atoms with Gasteiger partial charge in [-0.25, -0.2) is 9.59 Å². The number of urea groups is 1. The third kappa shape index (κ3) is 4.42. The predicted octanol–water partition coefficient (Wildman–Crippen LogP) is 0.833. The Morgan fingerprint density at radius 1 is 1.39 bits per heavy atom. The standard InChI is InChI=1S/C10H13N3O4S/c11-7(14)2-1-4-12-10(17)13-8-6(9(15)16)3-5-18-8/h3,5H,1-2,4H2,(H2,11,14)(H,15,16)(H2,12,13,17). The van der Waals surface area contributed by atoms with Crippen molar-refractivity contribution in [1.29, 1.82) is 0 Å². The molecule has 98 valence electrons. The number of aromatic carboxylic acids is 1. The second-order valence-electron chi connectivity index (χ2n) is 3.42. The Bertz CT molecular complexity index is 458. The molecule has 0 aliphatic carbocycles. The second-order valence-corrected chi connectivity index (χ2v) is 4.34. The van der Waals surface area contributed by atoms with Crippen LogP contribution >= 0.6 is 11.3 Å². The van der Waals surface area contributed by atoms with Crippen LogP contribution < -0.4 is 16.4 Å². The van der Waals surface area contributed by atoms with Crippen LogP contribution in [0.5, 0.6) is 0 Å². The normalized spacial score (nSPS) is 9.78. The predicted molar refractivity (Wildman–Crippen MR) is 66.7 cm³/mol. The Balaban J connectivity index is 2.38. The molecule has 0 aromatic carbocycles. The molecule has 0 atom stereocenters. The number of nitrogens with one attached hydrogen (secondary N) is 2. The number of thiophene rings is 1. The van der Waals surface area contributed by atoms with Crippen molar-refractivity contribution in [1.82, 2.24) is 5.32 Å². The molecule has 0 spiro atoms. The Morgan fingerprint density at radius 2 is 2.11 bits per heavy atom. The Kier molecular flexibility index (Phi) is 5.12. The van der Waals surface area contributed by atoms with Crippen LogP contribution in [-0.4, -0.2) is 29.6 Å². The molecule has 0 radical (unpaired) electrons. The summed E-state index contributed by atoms with van der Waals surface area (Å²) in [5, 5.41) is 15.6. The summed E-state index contributed by atoms with van der Waals surface area (Å²) in [5.74, 6) is -1.52. The number of carbonyl (C=O) groups is 3. The van der Waals surface area contributed by atoms with E-state index in [1.165, 1.54) is 6.07 Å². The van der Waals surface area contributed by atoms with Crippen LogP contribution in [0.25, 0.3) is 0 Å². The summed E-state index contributed by atoms with van der Waals surface area (Å²) in [5.41, 5.74) is 4.99. The van der Waals surface area contributed by atoms with Gasteiger partial charge in [0.05, 0.1) is 5.56 Å². The molecule has 1 rings (SSSR count). The van der Waals surface area contributed by atoms with Crippen molar-refractivity contribution >= 4 is 34.2 Å². The fourth-order valence-corrected chi connectivity index (χ4v) is 1.96. The number of carboxylic acids is 1. The highest BCUT2D eigenvalue weighted by molar-refractivity contribution is 7.14. The summed E-state index contributed by atoms with van der Waals surface area (Å²) in [6.45, 7) is 0.294. The van der Waals surface area contributed by atoms with Gasteiger partial charge in [0, 0.05) is 13.0 Å². The van der Waals surface area contributed by atoms with Crippen molar-refractivity contribution in [3.63, 3.8) is 0 Å². The van der Waals surface area contributed by atoms with Gasteiger partial charge in [-0.2, -0.15) is 0 Å². The zero-order chi connectivity index (χ0) is 13.5. The van der Waals surface area contributed by atoms with Crippen LogP contribution in [0.15, 0.2) is 11.4 Å². The van der Waals surface area contributed by atoms with E-state index in [0.29, 0.717) is 13.0 Å². The Hall–Kier alpha value is -2.09. The molecule has 1 aromatic rings. The molecule has 0 saturated carbocycles. The fraction of sp³-hybridized carbons (Fsp3) is 0.300. The van der Waals surface area contributed by atoms with E-state index in [9.17, 15) is 14.4 Å². The van der Waals surface area contributed by atoms with Gasteiger partial charge < -0.3 is 16.2 Å². The maximum absolute atomic E-state index is 11.4. The van der Waals surface area contributed by atoms with Gasteiger partial charge in [-0.1, -0.05) is 0 Å². The first-order valence-corrected chi connectivity index (χ1v) is 6.02. The molecule has 18 heavy (non-hydrogen) atoms. The average molecular weight is 271 g/mol. The van der Waals surface area contributed by atoms with Crippen molar-refractivity contribution in [2.45, 2.75) is 12.8 Å². The minimum atomic E-state index is -1.10. The van der Waals surface area contributed by atoms with E-state index in [1.807, 2.05) is 0 Å². The van der Waals surface area contributed by atoms with Gasteiger partial charge in [0.15, 0.2) is 0 Å². The summed E-state index contributed by atoms with van der Waals surface area (Å²) in [6.07, 6.45) is 0.638. The van der Waals surface area contributed by atoms with Crippen molar-refractivity contribution in [2.75, 3.05) is 11.9 Å². The number of rotatable bonds is 6. The number of hydrogen-bond donors (Lipinski definition) is 4. The first-order valence-electron chi connectivity index (χ1n) is 5.14. The van der Waals surface area contributed by atoms with Gasteiger partial charge in [0.1, 0.15) is 5.00 Å². The molecule has 0 bridgehead atoms. The average Bonchev–Trinajstić information content (AvgIpc) is 2.72. The van der Waals surface area contributed by atoms with Crippen LogP contribution in [0.3, 0.4) is 0 Å². The number of nitrogens with two attached hydrogens (primary N) is 1. The lowest BCUT2D eigenvalue weighted by Crippen LogP contribution is -2.30. The molecule has 3 amide bonds. The number of carboxylic acid groups (broad SMARTS) is 1. The molecule has 8 heteroatoms. The van der Waals surface area contributed by atoms with E-state index >= 15 is 0 Å². The van der Waals surface area contributed by atoms with Crippen LogP contribution in [0.2, 0.25) is 0 Å². The highest BCUT2D eigenvalue weighted by atomic mass is 32.1. The van der Waals surface area contributed by atoms with Crippen LogP contribution in [-0.2, 0) is 4.79 Å². The lowest BCUT2D eigenvalue weighted by Gasteiger charge is -2.06. The number of hydrogen-bond acceptors (Lipinski definition) is 4. The van der Waals surface area contributed by atoms with Crippen molar-refractivity contribution < 1.29 is 19.5 Å². The van der Waals surface area contributed by atoms with E-state index in [-0.39, 0.29) is 17.0 Å². The third-order valence-corrected chi connectivity index (χ3v) is 2.84. The van der Waals surface area contributed by atoms with E-state index in [1.54, 1.807) is 5.38 Å². The van der Waals surface area contributed by atoms with Crippen molar-refractivity contribution in [2.24, 2.45) is 5.73 Å². The van der Waals surface area contributed by atoms with Gasteiger partial charge in [-0.05, 0) is 17.9 Å². The van der Waals surface area contributed by atoms with E-state index < -0.39 is 17.9 Å². The number of amides is 3. The summed E-state index contributed by atoms with van der Waals surface area (Å²) >= 11 is 1.12. The zero-order valence-electron chi connectivity index (χ0n) is 9.43. The monoisotopic (exact) mass is 271 g/mol. The molecule has 5 N–H and O–H groups in total. The van der Waals surface area contributed by atoms with E-state index in [0.717, 1.165) is 11.3 Å². The van der Waals surface area contributed by atoms with Crippen LogP contribution in [0.4, 0.5) is 9.80 Å². The number of primary amides is 1. The first-order chi connectivity index (χ1) is 8.50. The van der Waals surface area contributed by atoms with Gasteiger partial charge in [-0.3, -0.25) is 10.1 Å². The zero-order valence-corrected chi connectivity index (χ0v) is 10.3. The first kappa shape index (κ1) is 14.0. The number of anilines is 1. The number of carbonyl (C=O) groups excluding carboxylic acids is 2. The summed E-state index contributed by atoms with van der Waals surface area (Å²) in [4.78, 5) is 32.6. The van der Waals surface area contributed by atoms with E-state index in [4.69, 9.17) is 10.8 Å². The molecular weight excluding hydrogens is 258 g/mol. The molecule has 1 aromatic heterocycles. The van der Waals surface area contributed by atoms with Crippen molar-refractivity contribution in [3.8, 4) is 0 Å². The maximum atomic E-state index is 11.4. The van der Waals surface area contributed by atoms with E-state index in [2.05, 4.69) is 10.6 Å². The Labute approximate surface area is 107 Å². The molecule has 0 unspecified atom stereocenters. The third-order valence-electron chi connectivity index (χ3n) is 2.01. The summed E-state index contributed by atoms with van der Waals surface area (Å²) in [7, 11) is 0. The molecule has 7 nitrogen and oxygen atoms in total.